The molecule has 0 saturated carbocycles. The minimum atomic E-state index is -0.252. The van der Waals surface area contributed by atoms with Gasteiger partial charge in [-0.25, -0.2) is 4.39 Å². The van der Waals surface area contributed by atoms with E-state index in [-0.39, 0.29) is 12.4 Å². The van der Waals surface area contributed by atoms with Crippen molar-refractivity contribution >= 4 is 6.08 Å². The van der Waals surface area contributed by atoms with Crippen molar-refractivity contribution in [2.45, 2.75) is 6.92 Å². The van der Waals surface area contributed by atoms with Crippen LogP contribution in [0.3, 0.4) is 0 Å². The van der Waals surface area contributed by atoms with Crippen molar-refractivity contribution in [3.63, 3.8) is 0 Å². The van der Waals surface area contributed by atoms with E-state index in [1.54, 1.807) is 18.2 Å². The molecule has 0 aliphatic carbocycles. The SMILES string of the molecule is Cc1ccc(F)cc1/C=C/CO. The van der Waals surface area contributed by atoms with Gasteiger partial charge in [0.15, 0.2) is 0 Å². The van der Waals surface area contributed by atoms with Crippen LogP contribution >= 0.6 is 0 Å². The Kier molecular flexibility index (Phi) is 3.00. The van der Waals surface area contributed by atoms with Crippen LogP contribution in [0.4, 0.5) is 4.39 Å². The molecule has 0 aliphatic heterocycles. The van der Waals surface area contributed by atoms with Crippen LogP contribution in [0.5, 0.6) is 0 Å². The monoisotopic (exact) mass is 166 g/mol. The Hall–Kier alpha value is -1.15. The lowest BCUT2D eigenvalue weighted by Gasteiger charge is -1.98. The van der Waals surface area contributed by atoms with Gasteiger partial charge in [-0.3, -0.25) is 0 Å². The highest BCUT2D eigenvalue weighted by molar-refractivity contribution is 5.53. The predicted molar refractivity (Wildman–Crippen MR) is 47.3 cm³/mol. The summed E-state index contributed by atoms with van der Waals surface area (Å²) in [4.78, 5) is 0. The summed E-state index contributed by atoms with van der Waals surface area (Å²) in [7, 11) is 0. The van der Waals surface area contributed by atoms with Crippen LogP contribution in [-0.2, 0) is 0 Å². The predicted octanol–water partition coefficient (Wildman–Crippen LogP) is 2.14. The van der Waals surface area contributed by atoms with E-state index in [4.69, 9.17) is 5.11 Å². The zero-order valence-corrected chi connectivity index (χ0v) is 6.92. The summed E-state index contributed by atoms with van der Waals surface area (Å²) in [6, 6.07) is 4.58. The maximum Gasteiger partial charge on any atom is 0.123 e. The molecule has 1 nitrogen and oxygen atoms in total. The van der Waals surface area contributed by atoms with Gasteiger partial charge in [0.05, 0.1) is 6.61 Å². The molecule has 1 aromatic rings. The molecule has 0 spiro atoms. The van der Waals surface area contributed by atoms with Gasteiger partial charge in [0, 0.05) is 0 Å². The molecule has 0 aromatic heterocycles. The maximum atomic E-state index is 12.7. The molecule has 2 heteroatoms. The zero-order chi connectivity index (χ0) is 8.97. The van der Waals surface area contributed by atoms with E-state index in [0.29, 0.717) is 0 Å². The van der Waals surface area contributed by atoms with E-state index >= 15 is 0 Å². The van der Waals surface area contributed by atoms with Crippen molar-refractivity contribution in [1.29, 1.82) is 0 Å². The Labute approximate surface area is 71.2 Å². The highest BCUT2D eigenvalue weighted by Crippen LogP contribution is 2.11. The molecule has 1 rings (SSSR count). The topological polar surface area (TPSA) is 20.2 Å². The quantitative estimate of drug-likeness (QED) is 0.713. The average Bonchev–Trinajstić information content (AvgIpc) is 2.07. The summed E-state index contributed by atoms with van der Waals surface area (Å²) in [5, 5.41) is 8.51. The van der Waals surface area contributed by atoms with Gasteiger partial charge < -0.3 is 5.11 Å². The molecule has 0 fully saturated rings. The first-order chi connectivity index (χ1) is 5.74. The van der Waals surface area contributed by atoms with Crippen LogP contribution in [0.25, 0.3) is 6.08 Å². The van der Waals surface area contributed by atoms with Gasteiger partial charge in [-0.05, 0) is 30.2 Å². The normalized spacial score (nSPS) is 10.9. The van der Waals surface area contributed by atoms with Crippen molar-refractivity contribution in [3.8, 4) is 0 Å². The van der Waals surface area contributed by atoms with Gasteiger partial charge >= 0.3 is 0 Å². The third kappa shape index (κ3) is 2.17. The van der Waals surface area contributed by atoms with E-state index in [0.717, 1.165) is 11.1 Å². The molecular formula is C10H11FO. The lowest BCUT2D eigenvalue weighted by molar-refractivity contribution is 0.343. The molecule has 0 unspecified atom stereocenters. The lowest BCUT2D eigenvalue weighted by atomic mass is 10.1. The highest BCUT2D eigenvalue weighted by Gasteiger charge is 1.95. The summed E-state index contributed by atoms with van der Waals surface area (Å²) in [6.45, 7) is 1.88. The zero-order valence-electron chi connectivity index (χ0n) is 6.92. The molecule has 0 heterocycles. The highest BCUT2D eigenvalue weighted by atomic mass is 19.1. The molecule has 12 heavy (non-hydrogen) atoms. The summed E-state index contributed by atoms with van der Waals surface area (Å²) in [5.74, 6) is -0.252. The van der Waals surface area contributed by atoms with E-state index in [1.807, 2.05) is 6.92 Å². The largest absolute Gasteiger partial charge is 0.392 e. The maximum absolute atomic E-state index is 12.7. The van der Waals surface area contributed by atoms with Gasteiger partial charge in [0.1, 0.15) is 5.82 Å². The fraction of sp³-hybridized carbons (Fsp3) is 0.200. The summed E-state index contributed by atoms with van der Waals surface area (Å²) in [5.41, 5.74) is 1.81. The molecular weight excluding hydrogens is 155 g/mol. The minimum Gasteiger partial charge on any atom is -0.392 e. The number of rotatable bonds is 2. The second-order valence-corrected chi connectivity index (χ2v) is 2.59. The third-order valence-electron chi connectivity index (χ3n) is 1.64. The summed E-state index contributed by atoms with van der Waals surface area (Å²) < 4.78 is 12.7. The van der Waals surface area contributed by atoms with Crippen molar-refractivity contribution in [1.82, 2.24) is 0 Å². The standard InChI is InChI=1S/C10H11FO/c1-8-4-5-10(11)7-9(8)3-2-6-12/h2-5,7,12H,6H2,1H3/b3-2+. The molecule has 0 radical (unpaired) electrons. The number of hydrogen-bond donors (Lipinski definition) is 1. The van der Waals surface area contributed by atoms with Crippen molar-refractivity contribution in [2.24, 2.45) is 0 Å². The van der Waals surface area contributed by atoms with Gasteiger partial charge in [-0.2, -0.15) is 0 Å². The smallest absolute Gasteiger partial charge is 0.123 e. The number of benzene rings is 1. The number of aliphatic hydroxyl groups is 1. The van der Waals surface area contributed by atoms with E-state index in [9.17, 15) is 4.39 Å². The Morgan fingerprint density at radius 1 is 1.50 bits per heavy atom. The van der Waals surface area contributed by atoms with Gasteiger partial charge in [-0.1, -0.05) is 18.2 Å². The molecule has 1 aromatic carbocycles. The number of aryl methyl sites for hydroxylation is 1. The van der Waals surface area contributed by atoms with Crippen molar-refractivity contribution in [2.75, 3.05) is 6.61 Å². The molecule has 0 aliphatic rings. The van der Waals surface area contributed by atoms with Crippen LogP contribution in [0.2, 0.25) is 0 Å². The fourth-order valence-corrected chi connectivity index (χ4v) is 0.971. The first-order valence-electron chi connectivity index (χ1n) is 3.77. The molecule has 0 atom stereocenters. The van der Waals surface area contributed by atoms with Crippen molar-refractivity contribution in [3.05, 3.63) is 41.2 Å². The Morgan fingerprint density at radius 3 is 2.92 bits per heavy atom. The number of halogens is 1. The third-order valence-corrected chi connectivity index (χ3v) is 1.64. The first-order valence-corrected chi connectivity index (χ1v) is 3.77. The number of aliphatic hydroxyl groups excluding tert-OH is 1. The van der Waals surface area contributed by atoms with Crippen LogP contribution in [0.1, 0.15) is 11.1 Å². The second-order valence-electron chi connectivity index (χ2n) is 2.59. The van der Waals surface area contributed by atoms with E-state index < -0.39 is 0 Å². The van der Waals surface area contributed by atoms with Crippen LogP contribution in [0, 0.1) is 12.7 Å². The van der Waals surface area contributed by atoms with E-state index in [1.165, 1.54) is 12.1 Å². The van der Waals surface area contributed by atoms with Gasteiger partial charge in [0.2, 0.25) is 0 Å². The minimum absolute atomic E-state index is 0.0179. The average molecular weight is 166 g/mol. The Morgan fingerprint density at radius 2 is 2.25 bits per heavy atom. The van der Waals surface area contributed by atoms with E-state index in [2.05, 4.69) is 0 Å². The van der Waals surface area contributed by atoms with Crippen molar-refractivity contribution < 1.29 is 9.50 Å². The molecule has 0 amide bonds. The van der Waals surface area contributed by atoms with Crippen LogP contribution < -0.4 is 0 Å². The Balaban J connectivity index is 2.97. The molecule has 64 valence electrons. The second kappa shape index (κ2) is 4.02. The van der Waals surface area contributed by atoms with Gasteiger partial charge in [-0.15, -0.1) is 0 Å². The van der Waals surface area contributed by atoms with Crippen LogP contribution in [-0.4, -0.2) is 11.7 Å². The first kappa shape index (κ1) is 8.94. The summed E-state index contributed by atoms with van der Waals surface area (Å²) >= 11 is 0. The molecule has 0 bridgehead atoms. The fourth-order valence-electron chi connectivity index (χ4n) is 0.971. The van der Waals surface area contributed by atoms with Crippen LogP contribution in [0.15, 0.2) is 24.3 Å². The summed E-state index contributed by atoms with van der Waals surface area (Å²) in [6.07, 6.45) is 3.29. The van der Waals surface area contributed by atoms with Gasteiger partial charge in [0.25, 0.3) is 0 Å². The molecule has 0 saturated heterocycles. The lowest BCUT2D eigenvalue weighted by Crippen LogP contribution is -1.83. The molecule has 1 N–H and O–H groups in total. The Bertz CT molecular complexity index is 292. The number of hydrogen-bond acceptors (Lipinski definition) is 1.